The topological polar surface area (TPSA) is 29.5 Å². The number of carbonyl (C=O) groups is 1. The first kappa shape index (κ1) is 9.86. The lowest BCUT2D eigenvalue weighted by Gasteiger charge is -2.15. The molecular weight excluding hydrogens is 174 g/mol. The van der Waals surface area contributed by atoms with Crippen molar-refractivity contribution >= 4 is 18.5 Å². The molecule has 1 aliphatic rings. The molecule has 0 bridgehead atoms. The molecule has 3 nitrogen and oxygen atoms in total. The lowest BCUT2D eigenvalue weighted by molar-refractivity contribution is -0.127. The van der Waals surface area contributed by atoms with Crippen molar-refractivity contribution in [1.29, 1.82) is 0 Å². The number of rotatable bonds is 4. The zero-order valence-electron chi connectivity index (χ0n) is 7.32. The zero-order valence-corrected chi connectivity index (χ0v) is 8.22. The van der Waals surface area contributed by atoms with Gasteiger partial charge in [0.05, 0.1) is 11.9 Å². The van der Waals surface area contributed by atoms with E-state index in [4.69, 9.17) is 4.74 Å². The summed E-state index contributed by atoms with van der Waals surface area (Å²) in [6, 6.07) is 0. The number of amides is 1. The van der Waals surface area contributed by atoms with Crippen LogP contribution in [0, 0.1) is 0 Å². The molecule has 0 spiro atoms. The van der Waals surface area contributed by atoms with Gasteiger partial charge in [-0.2, -0.15) is 12.6 Å². The van der Waals surface area contributed by atoms with Gasteiger partial charge in [-0.25, -0.2) is 0 Å². The summed E-state index contributed by atoms with van der Waals surface area (Å²) in [4.78, 5) is 13.1. The summed E-state index contributed by atoms with van der Waals surface area (Å²) >= 11 is 4.16. The quantitative estimate of drug-likeness (QED) is 0.517. The van der Waals surface area contributed by atoms with Crippen molar-refractivity contribution in [3.05, 3.63) is 0 Å². The van der Waals surface area contributed by atoms with E-state index in [1.165, 1.54) is 0 Å². The molecule has 1 saturated heterocycles. The largest absolute Gasteiger partial charge is 0.380 e. The molecule has 0 N–H and O–H groups in total. The van der Waals surface area contributed by atoms with E-state index in [9.17, 15) is 4.79 Å². The lowest BCUT2D eigenvalue weighted by Crippen LogP contribution is -2.30. The molecule has 12 heavy (non-hydrogen) atoms. The lowest BCUT2D eigenvalue weighted by atomic mass is 10.4. The minimum absolute atomic E-state index is 0.0772. The number of carbonyl (C=O) groups excluding carboxylic acids is 1. The first-order valence-electron chi connectivity index (χ1n) is 4.30. The Hall–Kier alpha value is -0.220. The van der Waals surface area contributed by atoms with Gasteiger partial charge in [0.25, 0.3) is 0 Å². The Kier molecular flexibility index (Phi) is 3.88. The molecule has 0 aromatic heterocycles. The molecule has 0 aliphatic carbocycles. The van der Waals surface area contributed by atoms with E-state index in [-0.39, 0.29) is 11.2 Å². The van der Waals surface area contributed by atoms with E-state index in [1.54, 1.807) is 0 Å². The Morgan fingerprint density at radius 2 is 2.50 bits per heavy atom. The average Bonchev–Trinajstić information content (AvgIpc) is 2.36. The molecule has 1 aliphatic heterocycles. The summed E-state index contributed by atoms with van der Waals surface area (Å²) in [5.41, 5.74) is 0. The van der Waals surface area contributed by atoms with Crippen LogP contribution < -0.4 is 0 Å². The SMILES string of the molecule is CCOCCN1CCC(S)C1=O. The van der Waals surface area contributed by atoms with Crippen molar-refractivity contribution in [2.75, 3.05) is 26.3 Å². The maximum absolute atomic E-state index is 11.3. The number of nitrogens with zero attached hydrogens (tertiary/aromatic N) is 1. The standard InChI is InChI=1S/C8H15NO2S/c1-2-11-6-5-9-4-3-7(12)8(9)10/h7,12H,2-6H2,1H3. The Balaban J connectivity index is 2.20. The van der Waals surface area contributed by atoms with Gasteiger partial charge in [0.1, 0.15) is 0 Å². The van der Waals surface area contributed by atoms with Crippen LogP contribution in [0.1, 0.15) is 13.3 Å². The van der Waals surface area contributed by atoms with E-state index >= 15 is 0 Å². The number of likely N-dealkylation sites (tertiary alicyclic amines) is 1. The van der Waals surface area contributed by atoms with E-state index in [0.717, 1.165) is 13.0 Å². The van der Waals surface area contributed by atoms with Crippen molar-refractivity contribution in [2.45, 2.75) is 18.6 Å². The fourth-order valence-electron chi connectivity index (χ4n) is 1.26. The van der Waals surface area contributed by atoms with Gasteiger partial charge < -0.3 is 9.64 Å². The Labute approximate surface area is 78.5 Å². The molecule has 0 aromatic carbocycles. The van der Waals surface area contributed by atoms with Crippen LogP contribution in [-0.2, 0) is 9.53 Å². The maximum atomic E-state index is 11.3. The van der Waals surface area contributed by atoms with Crippen molar-refractivity contribution in [3.63, 3.8) is 0 Å². The smallest absolute Gasteiger partial charge is 0.235 e. The molecule has 70 valence electrons. The molecule has 1 fully saturated rings. The summed E-state index contributed by atoms with van der Waals surface area (Å²) in [5.74, 6) is 0.151. The van der Waals surface area contributed by atoms with Gasteiger partial charge in [-0.15, -0.1) is 0 Å². The highest BCUT2D eigenvalue weighted by molar-refractivity contribution is 7.81. The molecule has 1 heterocycles. The Morgan fingerprint density at radius 1 is 1.75 bits per heavy atom. The highest BCUT2D eigenvalue weighted by Crippen LogP contribution is 2.15. The van der Waals surface area contributed by atoms with Gasteiger partial charge in [-0.1, -0.05) is 0 Å². The predicted molar refractivity (Wildman–Crippen MR) is 50.5 cm³/mol. The second-order valence-electron chi connectivity index (χ2n) is 2.83. The third-order valence-electron chi connectivity index (χ3n) is 1.98. The number of hydrogen-bond donors (Lipinski definition) is 1. The van der Waals surface area contributed by atoms with Crippen LogP contribution in [0.25, 0.3) is 0 Å². The summed E-state index contributed by atoms with van der Waals surface area (Å²) in [5, 5.41) is -0.0772. The molecule has 4 heteroatoms. The van der Waals surface area contributed by atoms with Crippen LogP contribution in [0.3, 0.4) is 0 Å². The van der Waals surface area contributed by atoms with Gasteiger partial charge in [0.15, 0.2) is 0 Å². The third kappa shape index (κ3) is 2.38. The predicted octanol–water partition coefficient (Wildman–Crippen LogP) is 0.554. The average molecular weight is 189 g/mol. The normalized spacial score (nSPS) is 23.7. The highest BCUT2D eigenvalue weighted by Gasteiger charge is 2.27. The summed E-state index contributed by atoms with van der Waals surface area (Å²) in [6.45, 7) is 4.85. The number of hydrogen-bond acceptors (Lipinski definition) is 3. The zero-order chi connectivity index (χ0) is 8.97. The first-order chi connectivity index (χ1) is 5.75. The minimum atomic E-state index is -0.0772. The first-order valence-corrected chi connectivity index (χ1v) is 4.82. The van der Waals surface area contributed by atoms with Crippen molar-refractivity contribution in [3.8, 4) is 0 Å². The third-order valence-corrected chi connectivity index (χ3v) is 2.46. The fourth-order valence-corrected chi connectivity index (χ4v) is 1.54. The van der Waals surface area contributed by atoms with Crippen molar-refractivity contribution in [1.82, 2.24) is 4.90 Å². The Bertz CT molecular complexity index is 163. The van der Waals surface area contributed by atoms with Crippen LogP contribution in [-0.4, -0.2) is 42.4 Å². The monoisotopic (exact) mass is 189 g/mol. The second kappa shape index (κ2) is 4.72. The van der Waals surface area contributed by atoms with Crippen LogP contribution in [0.4, 0.5) is 0 Å². The fraction of sp³-hybridized carbons (Fsp3) is 0.875. The molecule has 0 aromatic rings. The van der Waals surface area contributed by atoms with Crippen LogP contribution in [0.15, 0.2) is 0 Å². The van der Waals surface area contributed by atoms with Crippen molar-refractivity contribution < 1.29 is 9.53 Å². The number of thiol groups is 1. The summed E-state index contributed by atoms with van der Waals surface area (Å²) < 4.78 is 5.16. The van der Waals surface area contributed by atoms with Crippen molar-refractivity contribution in [2.24, 2.45) is 0 Å². The molecule has 0 saturated carbocycles. The maximum Gasteiger partial charge on any atom is 0.235 e. The van der Waals surface area contributed by atoms with E-state index in [2.05, 4.69) is 12.6 Å². The Morgan fingerprint density at radius 3 is 3.00 bits per heavy atom. The molecule has 0 radical (unpaired) electrons. The van der Waals surface area contributed by atoms with Gasteiger partial charge >= 0.3 is 0 Å². The molecular formula is C8H15NO2S. The van der Waals surface area contributed by atoms with E-state index in [0.29, 0.717) is 19.8 Å². The summed E-state index contributed by atoms with van der Waals surface area (Å²) in [6.07, 6.45) is 0.869. The van der Waals surface area contributed by atoms with E-state index in [1.807, 2.05) is 11.8 Å². The van der Waals surface area contributed by atoms with E-state index < -0.39 is 0 Å². The molecule has 1 rings (SSSR count). The highest BCUT2D eigenvalue weighted by atomic mass is 32.1. The summed E-state index contributed by atoms with van der Waals surface area (Å²) in [7, 11) is 0. The minimum Gasteiger partial charge on any atom is -0.380 e. The van der Waals surface area contributed by atoms with Gasteiger partial charge in [-0.3, -0.25) is 4.79 Å². The van der Waals surface area contributed by atoms with Gasteiger partial charge in [0.2, 0.25) is 5.91 Å². The van der Waals surface area contributed by atoms with Gasteiger partial charge in [0, 0.05) is 19.7 Å². The second-order valence-corrected chi connectivity index (χ2v) is 3.45. The molecule has 1 atom stereocenters. The van der Waals surface area contributed by atoms with Crippen LogP contribution in [0.2, 0.25) is 0 Å². The molecule has 1 unspecified atom stereocenters. The van der Waals surface area contributed by atoms with Gasteiger partial charge in [-0.05, 0) is 13.3 Å². The van der Waals surface area contributed by atoms with Crippen LogP contribution in [0.5, 0.6) is 0 Å². The van der Waals surface area contributed by atoms with Crippen LogP contribution >= 0.6 is 12.6 Å². The molecule has 1 amide bonds. The number of ether oxygens (including phenoxy) is 1.